The highest BCUT2D eigenvalue weighted by atomic mass is 79.9. The van der Waals surface area contributed by atoms with E-state index in [-0.39, 0.29) is 5.76 Å². The van der Waals surface area contributed by atoms with Gasteiger partial charge in [0.05, 0.1) is 4.47 Å². The van der Waals surface area contributed by atoms with Crippen molar-refractivity contribution in [1.29, 1.82) is 0 Å². The summed E-state index contributed by atoms with van der Waals surface area (Å²) in [4.78, 5) is 10.8. The number of hydrogen-bond donors (Lipinski definition) is 1. The maximum Gasteiger partial charge on any atom is 0.323 e. The molecule has 0 spiro atoms. The van der Waals surface area contributed by atoms with Gasteiger partial charge in [0.25, 0.3) is 5.92 Å². The second-order valence-corrected chi connectivity index (χ2v) is 4.14. The van der Waals surface area contributed by atoms with E-state index >= 15 is 0 Å². The summed E-state index contributed by atoms with van der Waals surface area (Å²) in [5.74, 6) is -4.97. The predicted molar refractivity (Wildman–Crippen MR) is 45.3 cm³/mol. The minimum absolute atomic E-state index is 0.207. The van der Waals surface area contributed by atoms with Crippen molar-refractivity contribution in [1.82, 2.24) is 0 Å². The van der Waals surface area contributed by atoms with Crippen LogP contribution in [-0.4, -0.2) is 17.0 Å². The topological polar surface area (TPSA) is 50.4 Å². The number of carbonyl (C=O) groups is 1. The Morgan fingerprint density at radius 1 is 1.64 bits per heavy atom. The highest BCUT2D eigenvalue weighted by Gasteiger charge is 2.79. The van der Waals surface area contributed by atoms with Crippen molar-refractivity contribution in [2.24, 2.45) is 0 Å². The molecule has 1 aliphatic carbocycles. The molecule has 6 heteroatoms. The zero-order valence-corrected chi connectivity index (χ0v) is 8.35. The van der Waals surface area contributed by atoms with E-state index in [4.69, 9.17) is 9.52 Å². The second-order valence-electron chi connectivity index (χ2n) is 3.22. The molecule has 1 aliphatic rings. The number of alkyl halides is 2. The molecule has 14 heavy (non-hydrogen) atoms. The van der Waals surface area contributed by atoms with Crippen molar-refractivity contribution in [3.63, 3.8) is 0 Å². The minimum atomic E-state index is -3.21. The van der Waals surface area contributed by atoms with Crippen LogP contribution in [-0.2, 0) is 10.2 Å². The van der Waals surface area contributed by atoms with Gasteiger partial charge in [-0.25, -0.2) is 8.78 Å². The molecule has 3 nitrogen and oxygen atoms in total. The average Bonchev–Trinajstić information content (AvgIpc) is 2.44. The standard InChI is InChI=1S/C8H5BrF2O3/c9-4-1-5(14-2-4)7(6(12)13)3-8(7,10)11/h1-2H,3H2,(H,12,13). The summed E-state index contributed by atoms with van der Waals surface area (Å²) in [6.07, 6.45) is 0.490. The Balaban J connectivity index is 2.46. The third-order valence-corrected chi connectivity index (χ3v) is 2.76. The van der Waals surface area contributed by atoms with E-state index in [2.05, 4.69) is 15.9 Å². The molecule has 1 saturated carbocycles. The summed E-state index contributed by atoms with van der Waals surface area (Å²) in [6, 6.07) is 1.26. The quantitative estimate of drug-likeness (QED) is 0.895. The highest BCUT2D eigenvalue weighted by Crippen LogP contribution is 2.62. The number of aliphatic carboxylic acids is 1. The molecular weight excluding hydrogens is 262 g/mol. The van der Waals surface area contributed by atoms with Crippen molar-refractivity contribution in [3.05, 3.63) is 22.6 Å². The average molecular weight is 267 g/mol. The van der Waals surface area contributed by atoms with Crippen LogP contribution in [0.15, 0.2) is 21.2 Å². The minimum Gasteiger partial charge on any atom is -0.480 e. The number of furan rings is 1. The van der Waals surface area contributed by atoms with Crippen molar-refractivity contribution in [2.45, 2.75) is 17.8 Å². The van der Waals surface area contributed by atoms with E-state index in [9.17, 15) is 13.6 Å². The van der Waals surface area contributed by atoms with Crippen molar-refractivity contribution in [2.75, 3.05) is 0 Å². The van der Waals surface area contributed by atoms with Crippen LogP contribution in [0, 0.1) is 0 Å². The summed E-state index contributed by atoms with van der Waals surface area (Å²) in [5, 5.41) is 8.75. The van der Waals surface area contributed by atoms with Crippen LogP contribution in [0.1, 0.15) is 12.2 Å². The lowest BCUT2D eigenvalue weighted by Crippen LogP contribution is -2.26. The van der Waals surface area contributed by atoms with E-state index in [1.54, 1.807) is 0 Å². The largest absolute Gasteiger partial charge is 0.480 e. The molecule has 2 rings (SSSR count). The summed E-state index contributed by atoms with van der Waals surface area (Å²) >= 11 is 3.01. The Bertz CT molecular complexity index is 401. The van der Waals surface area contributed by atoms with Gasteiger partial charge in [0.15, 0.2) is 5.41 Å². The van der Waals surface area contributed by atoms with Gasteiger partial charge in [-0.05, 0) is 22.0 Å². The van der Waals surface area contributed by atoms with Crippen LogP contribution in [0.2, 0.25) is 0 Å². The Labute approximate surface area is 85.8 Å². The van der Waals surface area contributed by atoms with Gasteiger partial charge in [0.2, 0.25) is 0 Å². The van der Waals surface area contributed by atoms with Gasteiger partial charge in [-0.1, -0.05) is 0 Å². The maximum absolute atomic E-state index is 12.9. The monoisotopic (exact) mass is 266 g/mol. The van der Waals surface area contributed by atoms with Crippen LogP contribution in [0.4, 0.5) is 8.78 Å². The van der Waals surface area contributed by atoms with Crippen LogP contribution < -0.4 is 0 Å². The van der Waals surface area contributed by atoms with Gasteiger partial charge >= 0.3 is 5.97 Å². The summed E-state index contributed by atoms with van der Waals surface area (Å²) < 4.78 is 31.1. The number of rotatable bonds is 2. The van der Waals surface area contributed by atoms with Crippen LogP contribution >= 0.6 is 15.9 Å². The molecule has 1 aromatic heterocycles. The molecule has 1 heterocycles. The van der Waals surface area contributed by atoms with E-state index in [0.717, 1.165) is 0 Å². The Morgan fingerprint density at radius 2 is 2.21 bits per heavy atom. The van der Waals surface area contributed by atoms with Crippen LogP contribution in [0.3, 0.4) is 0 Å². The number of hydrogen-bond acceptors (Lipinski definition) is 2. The number of carboxylic acids is 1. The van der Waals surface area contributed by atoms with E-state index < -0.39 is 23.7 Å². The first kappa shape index (κ1) is 9.64. The lowest BCUT2D eigenvalue weighted by Gasteiger charge is -2.06. The van der Waals surface area contributed by atoms with Gasteiger partial charge < -0.3 is 9.52 Å². The van der Waals surface area contributed by atoms with Gasteiger partial charge in [0, 0.05) is 6.42 Å². The number of carboxylic acid groups (broad SMARTS) is 1. The van der Waals surface area contributed by atoms with Gasteiger partial charge in [-0.15, -0.1) is 0 Å². The Morgan fingerprint density at radius 3 is 2.50 bits per heavy atom. The van der Waals surface area contributed by atoms with E-state index in [0.29, 0.717) is 4.47 Å². The van der Waals surface area contributed by atoms with Gasteiger partial charge in [0.1, 0.15) is 12.0 Å². The summed E-state index contributed by atoms with van der Waals surface area (Å²) in [7, 11) is 0. The molecule has 0 radical (unpaired) electrons. The third-order valence-electron chi connectivity index (χ3n) is 2.34. The third kappa shape index (κ3) is 1.03. The van der Waals surface area contributed by atoms with Crippen molar-refractivity contribution >= 4 is 21.9 Å². The fourth-order valence-electron chi connectivity index (χ4n) is 1.43. The zero-order valence-electron chi connectivity index (χ0n) is 6.76. The fraction of sp³-hybridized carbons (Fsp3) is 0.375. The molecule has 1 fully saturated rings. The first-order chi connectivity index (χ1) is 6.40. The normalized spacial score (nSPS) is 28.8. The molecule has 1 atom stereocenters. The molecule has 0 bridgehead atoms. The molecule has 0 aliphatic heterocycles. The predicted octanol–water partition coefficient (Wildman–Crippen LogP) is 2.40. The molecule has 0 aromatic carbocycles. The Hall–Kier alpha value is -0.910. The molecule has 76 valence electrons. The zero-order chi connectivity index (χ0) is 10.6. The molecule has 1 N–H and O–H groups in total. The van der Waals surface area contributed by atoms with Crippen LogP contribution in [0.5, 0.6) is 0 Å². The van der Waals surface area contributed by atoms with Crippen LogP contribution in [0.25, 0.3) is 0 Å². The summed E-state index contributed by atoms with van der Waals surface area (Å²) in [5.41, 5.74) is -2.15. The lowest BCUT2D eigenvalue weighted by atomic mass is 10.0. The molecule has 1 unspecified atom stereocenters. The first-order valence-electron chi connectivity index (χ1n) is 3.76. The molecular formula is C8H5BrF2O3. The first-order valence-corrected chi connectivity index (χ1v) is 4.55. The smallest absolute Gasteiger partial charge is 0.323 e. The molecule has 1 aromatic rings. The summed E-state index contributed by atoms with van der Waals surface area (Å²) in [6.45, 7) is 0. The maximum atomic E-state index is 12.9. The van der Waals surface area contributed by atoms with Gasteiger partial charge in [-0.3, -0.25) is 4.79 Å². The van der Waals surface area contributed by atoms with Gasteiger partial charge in [-0.2, -0.15) is 0 Å². The SMILES string of the molecule is O=C(O)C1(c2cc(Br)co2)CC1(F)F. The fourth-order valence-corrected chi connectivity index (χ4v) is 1.73. The Kier molecular flexibility index (Phi) is 1.76. The lowest BCUT2D eigenvalue weighted by molar-refractivity contribution is -0.143. The number of halogens is 3. The molecule has 0 amide bonds. The second kappa shape index (κ2) is 2.56. The van der Waals surface area contributed by atoms with Crippen molar-refractivity contribution in [3.8, 4) is 0 Å². The van der Waals surface area contributed by atoms with E-state index in [1.807, 2.05) is 0 Å². The van der Waals surface area contributed by atoms with E-state index in [1.165, 1.54) is 12.3 Å². The highest BCUT2D eigenvalue weighted by molar-refractivity contribution is 9.10. The van der Waals surface area contributed by atoms with Crippen molar-refractivity contribution < 1.29 is 23.1 Å². The molecule has 0 saturated heterocycles.